The molecule has 1 aliphatic rings. The molecule has 0 aromatic heterocycles. The van der Waals surface area contributed by atoms with Crippen LogP contribution in [0.3, 0.4) is 0 Å². The van der Waals surface area contributed by atoms with Crippen LogP contribution in [0.15, 0.2) is 24.3 Å². The Labute approximate surface area is 110 Å². The van der Waals surface area contributed by atoms with Gasteiger partial charge in [0.25, 0.3) is 0 Å². The molecule has 0 saturated carbocycles. The van der Waals surface area contributed by atoms with Crippen LogP contribution >= 0.6 is 0 Å². The molecule has 0 radical (unpaired) electrons. The minimum Gasteiger partial charge on any atom is -0.496 e. The number of benzene rings is 1. The summed E-state index contributed by atoms with van der Waals surface area (Å²) in [5.41, 5.74) is 1.48. The summed E-state index contributed by atoms with van der Waals surface area (Å²) >= 11 is 0. The number of rotatable bonds is 4. The van der Waals surface area contributed by atoms with Crippen molar-refractivity contribution < 1.29 is 4.74 Å². The van der Waals surface area contributed by atoms with Crippen molar-refractivity contribution in [2.45, 2.75) is 24.8 Å². The van der Waals surface area contributed by atoms with Crippen molar-refractivity contribution >= 4 is 0 Å². The Balaban J connectivity index is 2.19. The van der Waals surface area contributed by atoms with E-state index in [1.54, 1.807) is 7.11 Å². The molecule has 1 heterocycles. The van der Waals surface area contributed by atoms with E-state index in [2.05, 4.69) is 36.4 Å². The molecular weight excluding hydrogens is 224 g/mol. The first-order valence-corrected chi connectivity index (χ1v) is 6.68. The topological polar surface area (TPSA) is 24.5 Å². The Hall–Kier alpha value is -1.06. The Morgan fingerprint density at radius 3 is 2.83 bits per heavy atom. The van der Waals surface area contributed by atoms with Gasteiger partial charge in [-0.1, -0.05) is 18.2 Å². The lowest BCUT2D eigenvalue weighted by molar-refractivity contribution is 0.150. The van der Waals surface area contributed by atoms with Crippen LogP contribution in [0.25, 0.3) is 0 Å². The first-order chi connectivity index (χ1) is 8.69. The van der Waals surface area contributed by atoms with Gasteiger partial charge in [-0.25, -0.2) is 0 Å². The standard InChI is InChI=1S/C15H24N2O/c1-16-15(9-6-10-17(2)12-15)11-13-7-4-5-8-14(13)18-3/h4-5,7-8,16H,6,9-12H2,1-3H3. The molecule has 3 heteroatoms. The molecule has 1 saturated heterocycles. The fourth-order valence-electron chi connectivity index (χ4n) is 3.01. The van der Waals surface area contributed by atoms with Crippen LogP contribution in [0.1, 0.15) is 18.4 Å². The molecule has 1 aliphatic heterocycles. The number of hydrogen-bond acceptors (Lipinski definition) is 3. The van der Waals surface area contributed by atoms with E-state index in [1.165, 1.54) is 24.9 Å². The predicted molar refractivity (Wildman–Crippen MR) is 75.2 cm³/mol. The first kappa shape index (κ1) is 13.4. The van der Waals surface area contributed by atoms with E-state index < -0.39 is 0 Å². The first-order valence-electron chi connectivity index (χ1n) is 6.68. The van der Waals surface area contributed by atoms with Gasteiger partial charge in [-0.2, -0.15) is 0 Å². The van der Waals surface area contributed by atoms with E-state index in [0.29, 0.717) is 0 Å². The van der Waals surface area contributed by atoms with E-state index in [0.717, 1.165) is 18.7 Å². The molecule has 0 aliphatic carbocycles. The molecule has 0 bridgehead atoms. The van der Waals surface area contributed by atoms with Crippen molar-refractivity contribution in [1.82, 2.24) is 10.2 Å². The van der Waals surface area contributed by atoms with Gasteiger partial charge in [-0.15, -0.1) is 0 Å². The van der Waals surface area contributed by atoms with Gasteiger partial charge in [0.05, 0.1) is 7.11 Å². The van der Waals surface area contributed by atoms with Gasteiger partial charge in [0.1, 0.15) is 5.75 Å². The Morgan fingerprint density at radius 2 is 2.17 bits per heavy atom. The highest BCUT2D eigenvalue weighted by molar-refractivity contribution is 5.35. The number of para-hydroxylation sites is 1. The number of methoxy groups -OCH3 is 1. The van der Waals surface area contributed by atoms with Gasteiger partial charge in [0, 0.05) is 12.1 Å². The summed E-state index contributed by atoms with van der Waals surface area (Å²) in [5.74, 6) is 1.00. The second kappa shape index (κ2) is 5.72. The SMILES string of the molecule is CNC1(Cc2ccccc2OC)CCCN(C)C1. The molecule has 2 rings (SSSR count). The molecule has 1 aromatic carbocycles. The number of piperidine rings is 1. The van der Waals surface area contributed by atoms with Crippen molar-refractivity contribution in [2.75, 3.05) is 34.3 Å². The lowest BCUT2D eigenvalue weighted by atomic mass is 9.83. The van der Waals surface area contributed by atoms with Crippen molar-refractivity contribution in [2.24, 2.45) is 0 Å². The smallest absolute Gasteiger partial charge is 0.122 e. The van der Waals surface area contributed by atoms with Gasteiger partial charge >= 0.3 is 0 Å². The maximum atomic E-state index is 5.46. The summed E-state index contributed by atoms with van der Waals surface area (Å²) in [6, 6.07) is 8.34. The number of nitrogens with zero attached hydrogens (tertiary/aromatic N) is 1. The number of ether oxygens (including phenoxy) is 1. The normalized spacial score (nSPS) is 25.1. The Morgan fingerprint density at radius 1 is 1.39 bits per heavy atom. The molecule has 0 amide bonds. The maximum absolute atomic E-state index is 5.46. The molecule has 0 spiro atoms. The van der Waals surface area contributed by atoms with Crippen LogP contribution < -0.4 is 10.1 Å². The van der Waals surface area contributed by atoms with Crippen LogP contribution in [0.5, 0.6) is 5.75 Å². The zero-order chi connectivity index (χ0) is 13.0. The third-order valence-corrected chi connectivity index (χ3v) is 4.02. The number of likely N-dealkylation sites (N-methyl/N-ethyl adjacent to an activating group) is 2. The summed E-state index contributed by atoms with van der Waals surface area (Å²) in [5, 5.41) is 3.55. The summed E-state index contributed by atoms with van der Waals surface area (Å²) in [4.78, 5) is 2.41. The number of hydrogen-bond donors (Lipinski definition) is 1. The lowest BCUT2D eigenvalue weighted by Crippen LogP contribution is -2.56. The van der Waals surface area contributed by atoms with Crippen molar-refractivity contribution in [3.8, 4) is 5.75 Å². The summed E-state index contributed by atoms with van der Waals surface area (Å²) in [6.45, 7) is 2.30. The second-order valence-corrected chi connectivity index (χ2v) is 5.36. The maximum Gasteiger partial charge on any atom is 0.122 e. The Bertz CT molecular complexity index is 394. The van der Waals surface area contributed by atoms with Gasteiger partial charge in [-0.05, 0) is 51.5 Å². The molecule has 100 valence electrons. The van der Waals surface area contributed by atoms with Crippen LogP contribution in [-0.4, -0.2) is 44.7 Å². The van der Waals surface area contributed by atoms with Gasteiger partial charge in [-0.3, -0.25) is 0 Å². The molecule has 1 unspecified atom stereocenters. The Kier molecular flexibility index (Phi) is 4.25. The molecule has 1 atom stereocenters. The third kappa shape index (κ3) is 2.85. The molecule has 1 aromatic rings. The van der Waals surface area contributed by atoms with Gasteiger partial charge in [0.15, 0.2) is 0 Å². The quantitative estimate of drug-likeness (QED) is 0.881. The van der Waals surface area contributed by atoms with Crippen molar-refractivity contribution in [3.05, 3.63) is 29.8 Å². The fraction of sp³-hybridized carbons (Fsp3) is 0.600. The average Bonchev–Trinajstić information content (AvgIpc) is 2.39. The van der Waals surface area contributed by atoms with E-state index in [9.17, 15) is 0 Å². The zero-order valence-electron chi connectivity index (χ0n) is 11.7. The number of likely N-dealkylation sites (tertiary alicyclic amines) is 1. The molecule has 1 fully saturated rings. The average molecular weight is 248 g/mol. The van der Waals surface area contributed by atoms with E-state index in [4.69, 9.17) is 4.74 Å². The summed E-state index contributed by atoms with van der Waals surface area (Å²) in [6.07, 6.45) is 3.51. The van der Waals surface area contributed by atoms with Crippen molar-refractivity contribution in [3.63, 3.8) is 0 Å². The van der Waals surface area contributed by atoms with Crippen LogP contribution in [0, 0.1) is 0 Å². The highest BCUT2D eigenvalue weighted by Gasteiger charge is 2.33. The van der Waals surface area contributed by atoms with Gasteiger partial charge < -0.3 is 15.0 Å². The van der Waals surface area contributed by atoms with Crippen molar-refractivity contribution in [1.29, 1.82) is 0 Å². The zero-order valence-corrected chi connectivity index (χ0v) is 11.7. The van der Waals surface area contributed by atoms with Crippen LogP contribution in [-0.2, 0) is 6.42 Å². The van der Waals surface area contributed by atoms with E-state index in [1.807, 2.05) is 12.1 Å². The van der Waals surface area contributed by atoms with Gasteiger partial charge in [0.2, 0.25) is 0 Å². The minimum absolute atomic E-state index is 0.182. The summed E-state index contributed by atoms with van der Waals surface area (Å²) in [7, 11) is 6.03. The molecule has 3 nitrogen and oxygen atoms in total. The highest BCUT2D eigenvalue weighted by Crippen LogP contribution is 2.28. The largest absolute Gasteiger partial charge is 0.496 e. The number of nitrogens with one attached hydrogen (secondary N) is 1. The highest BCUT2D eigenvalue weighted by atomic mass is 16.5. The van der Waals surface area contributed by atoms with Crippen LogP contribution in [0.2, 0.25) is 0 Å². The lowest BCUT2D eigenvalue weighted by Gasteiger charge is -2.42. The predicted octanol–water partition coefficient (Wildman–Crippen LogP) is 1.92. The second-order valence-electron chi connectivity index (χ2n) is 5.36. The monoisotopic (exact) mass is 248 g/mol. The minimum atomic E-state index is 0.182. The molecule has 1 N–H and O–H groups in total. The van der Waals surface area contributed by atoms with Crippen LogP contribution in [0.4, 0.5) is 0 Å². The van der Waals surface area contributed by atoms with E-state index >= 15 is 0 Å². The molecule has 18 heavy (non-hydrogen) atoms. The third-order valence-electron chi connectivity index (χ3n) is 4.02. The fourth-order valence-corrected chi connectivity index (χ4v) is 3.01. The van der Waals surface area contributed by atoms with E-state index in [-0.39, 0.29) is 5.54 Å². The summed E-state index contributed by atoms with van der Waals surface area (Å²) < 4.78 is 5.46. The molecular formula is C15H24N2O.